The number of para-hydroxylation sites is 1. The van der Waals surface area contributed by atoms with Gasteiger partial charge >= 0.3 is 6.18 Å². The molecule has 0 saturated carbocycles. The lowest BCUT2D eigenvalue weighted by Crippen LogP contribution is -2.06. The van der Waals surface area contributed by atoms with Crippen molar-refractivity contribution in [1.82, 2.24) is 14.5 Å². The van der Waals surface area contributed by atoms with Gasteiger partial charge in [-0.2, -0.15) is 13.2 Å². The summed E-state index contributed by atoms with van der Waals surface area (Å²) in [6, 6.07) is 4.12. The number of hydrogen-bond acceptors (Lipinski definition) is 4. The van der Waals surface area contributed by atoms with E-state index in [0.29, 0.717) is 16.4 Å². The van der Waals surface area contributed by atoms with E-state index in [1.54, 1.807) is 18.6 Å². The van der Waals surface area contributed by atoms with Crippen molar-refractivity contribution in [2.45, 2.75) is 19.1 Å². The van der Waals surface area contributed by atoms with Crippen LogP contribution in [-0.2, 0) is 12.7 Å². The van der Waals surface area contributed by atoms with Gasteiger partial charge in [-0.3, -0.25) is 0 Å². The molecule has 0 atom stereocenters. The maximum atomic E-state index is 12.9. The van der Waals surface area contributed by atoms with Crippen LogP contribution in [0, 0.1) is 0 Å². The molecular formula is C14H13F3N4S. The smallest absolute Gasteiger partial charge is 0.361 e. The summed E-state index contributed by atoms with van der Waals surface area (Å²) >= 11 is 1.23. The third kappa shape index (κ3) is 3.22. The van der Waals surface area contributed by atoms with E-state index in [-0.39, 0.29) is 5.52 Å². The van der Waals surface area contributed by atoms with Crippen molar-refractivity contribution in [3.05, 3.63) is 42.5 Å². The van der Waals surface area contributed by atoms with Crippen molar-refractivity contribution in [2.24, 2.45) is 0 Å². The van der Waals surface area contributed by atoms with Crippen molar-refractivity contribution in [3.63, 3.8) is 0 Å². The van der Waals surface area contributed by atoms with Crippen LogP contribution in [0.1, 0.15) is 12.0 Å². The van der Waals surface area contributed by atoms with Crippen LogP contribution < -0.4 is 5.32 Å². The van der Waals surface area contributed by atoms with Gasteiger partial charge in [0, 0.05) is 25.5 Å². The van der Waals surface area contributed by atoms with Crippen molar-refractivity contribution in [3.8, 4) is 0 Å². The summed E-state index contributed by atoms with van der Waals surface area (Å²) in [6.07, 6.45) is 1.75. The molecule has 0 unspecified atom stereocenters. The first-order valence-corrected chi connectivity index (χ1v) is 7.52. The van der Waals surface area contributed by atoms with E-state index in [1.807, 2.05) is 10.8 Å². The first-order chi connectivity index (χ1) is 10.5. The van der Waals surface area contributed by atoms with Crippen LogP contribution in [-0.4, -0.2) is 21.1 Å². The maximum absolute atomic E-state index is 12.9. The van der Waals surface area contributed by atoms with Gasteiger partial charge in [-0.05, 0) is 18.6 Å². The van der Waals surface area contributed by atoms with Crippen molar-refractivity contribution >= 4 is 26.7 Å². The fourth-order valence-electron chi connectivity index (χ4n) is 2.13. The molecule has 4 nitrogen and oxygen atoms in total. The topological polar surface area (TPSA) is 42.7 Å². The molecule has 0 aliphatic heterocycles. The third-order valence-corrected chi connectivity index (χ3v) is 4.13. The Hall–Kier alpha value is -2.09. The number of hydrogen-bond donors (Lipinski definition) is 1. The third-order valence-electron chi connectivity index (χ3n) is 3.15. The summed E-state index contributed by atoms with van der Waals surface area (Å²) in [4.78, 5) is 8.03. The number of fused-ring (bicyclic) bond motifs is 1. The Morgan fingerprint density at radius 2 is 2.14 bits per heavy atom. The zero-order chi connectivity index (χ0) is 15.6. The van der Waals surface area contributed by atoms with E-state index in [0.717, 1.165) is 19.0 Å². The predicted octanol–water partition coefficient (Wildman–Crippen LogP) is 4.01. The highest BCUT2D eigenvalue weighted by molar-refractivity contribution is 7.22. The molecule has 3 rings (SSSR count). The Labute approximate surface area is 128 Å². The Balaban J connectivity index is 1.67. The van der Waals surface area contributed by atoms with Gasteiger partial charge in [0.1, 0.15) is 0 Å². The average molecular weight is 326 g/mol. The van der Waals surface area contributed by atoms with Gasteiger partial charge < -0.3 is 9.88 Å². The van der Waals surface area contributed by atoms with Gasteiger partial charge in [0.2, 0.25) is 0 Å². The zero-order valence-corrected chi connectivity index (χ0v) is 12.3. The predicted molar refractivity (Wildman–Crippen MR) is 80.0 cm³/mol. The molecule has 8 heteroatoms. The second kappa shape index (κ2) is 5.96. The quantitative estimate of drug-likeness (QED) is 0.720. The molecule has 2 heterocycles. The normalized spacial score (nSPS) is 12.0. The maximum Gasteiger partial charge on any atom is 0.418 e. The van der Waals surface area contributed by atoms with Gasteiger partial charge in [0.15, 0.2) is 5.13 Å². The molecule has 22 heavy (non-hydrogen) atoms. The lowest BCUT2D eigenvalue weighted by Gasteiger charge is -2.06. The minimum Gasteiger partial charge on any atom is -0.361 e. The molecule has 0 amide bonds. The van der Waals surface area contributed by atoms with Crippen LogP contribution in [0.25, 0.3) is 10.2 Å². The number of imidazole rings is 1. The van der Waals surface area contributed by atoms with E-state index in [9.17, 15) is 13.2 Å². The second-order valence-electron chi connectivity index (χ2n) is 4.75. The number of nitrogens with one attached hydrogen (secondary N) is 1. The van der Waals surface area contributed by atoms with E-state index in [4.69, 9.17) is 0 Å². The molecule has 0 fully saturated rings. The number of halogens is 3. The summed E-state index contributed by atoms with van der Waals surface area (Å²) in [5.74, 6) is 0. The lowest BCUT2D eigenvalue weighted by molar-refractivity contribution is -0.136. The largest absolute Gasteiger partial charge is 0.418 e. The number of aryl methyl sites for hydroxylation is 1. The Morgan fingerprint density at radius 1 is 1.27 bits per heavy atom. The number of thiazole rings is 1. The van der Waals surface area contributed by atoms with Gasteiger partial charge in [0.25, 0.3) is 0 Å². The van der Waals surface area contributed by atoms with Crippen LogP contribution in [0.4, 0.5) is 18.3 Å². The SMILES string of the molecule is FC(F)(F)c1cccc2sc(NCCCn3ccnc3)nc12. The number of aromatic nitrogens is 3. The number of alkyl halides is 3. The minimum absolute atomic E-state index is 0.0112. The van der Waals surface area contributed by atoms with Crippen LogP contribution in [0.5, 0.6) is 0 Å². The fraction of sp³-hybridized carbons (Fsp3) is 0.286. The highest BCUT2D eigenvalue weighted by atomic mass is 32.1. The number of nitrogens with zero attached hydrogens (tertiary/aromatic N) is 3. The van der Waals surface area contributed by atoms with Crippen LogP contribution in [0.3, 0.4) is 0 Å². The molecule has 2 aromatic heterocycles. The van der Waals surface area contributed by atoms with Crippen molar-refractivity contribution < 1.29 is 13.2 Å². The highest BCUT2D eigenvalue weighted by Crippen LogP contribution is 2.37. The van der Waals surface area contributed by atoms with Gasteiger partial charge in [-0.15, -0.1) is 0 Å². The molecule has 0 aliphatic rings. The highest BCUT2D eigenvalue weighted by Gasteiger charge is 2.33. The first-order valence-electron chi connectivity index (χ1n) is 6.70. The molecule has 116 valence electrons. The first kappa shape index (κ1) is 14.8. The molecule has 0 saturated heterocycles. The van der Waals surface area contributed by atoms with Gasteiger partial charge in [-0.25, -0.2) is 9.97 Å². The van der Waals surface area contributed by atoms with E-state index >= 15 is 0 Å². The molecule has 3 aromatic rings. The zero-order valence-electron chi connectivity index (χ0n) is 11.5. The molecule has 0 bridgehead atoms. The molecule has 1 aromatic carbocycles. The van der Waals surface area contributed by atoms with Crippen LogP contribution in [0.2, 0.25) is 0 Å². The number of rotatable bonds is 5. The van der Waals surface area contributed by atoms with E-state index in [2.05, 4.69) is 15.3 Å². The monoisotopic (exact) mass is 326 g/mol. The van der Waals surface area contributed by atoms with Gasteiger partial charge in [0.05, 0.1) is 22.1 Å². The van der Waals surface area contributed by atoms with Crippen molar-refractivity contribution in [2.75, 3.05) is 11.9 Å². The summed E-state index contributed by atoms with van der Waals surface area (Å²) < 4.78 is 41.3. The average Bonchev–Trinajstić information content (AvgIpc) is 3.10. The van der Waals surface area contributed by atoms with Crippen LogP contribution >= 0.6 is 11.3 Å². The summed E-state index contributed by atoms with van der Waals surface area (Å²) in [5, 5.41) is 3.59. The standard InChI is InChI=1S/C14H13F3N4S/c15-14(16,17)10-3-1-4-11-12(10)20-13(22-11)19-5-2-7-21-8-6-18-9-21/h1,3-4,6,8-9H,2,5,7H2,(H,19,20). The minimum atomic E-state index is -4.38. The molecule has 0 spiro atoms. The summed E-state index contributed by atoms with van der Waals surface area (Å²) in [7, 11) is 0. The number of benzene rings is 1. The lowest BCUT2D eigenvalue weighted by atomic mass is 10.2. The Bertz CT molecular complexity index is 749. The molecule has 0 radical (unpaired) electrons. The van der Waals surface area contributed by atoms with E-state index in [1.165, 1.54) is 17.4 Å². The Kier molecular flexibility index (Phi) is 4.02. The fourth-order valence-corrected chi connectivity index (χ4v) is 3.05. The molecule has 0 aliphatic carbocycles. The number of anilines is 1. The molecule has 1 N–H and O–H groups in total. The van der Waals surface area contributed by atoms with Crippen molar-refractivity contribution in [1.29, 1.82) is 0 Å². The second-order valence-corrected chi connectivity index (χ2v) is 5.78. The Morgan fingerprint density at radius 3 is 2.86 bits per heavy atom. The van der Waals surface area contributed by atoms with Crippen LogP contribution in [0.15, 0.2) is 36.9 Å². The molecular weight excluding hydrogens is 313 g/mol. The summed E-state index contributed by atoms with van der Waals surface area (Å²) in [5.41, 5.74) is -0.676. The van der Waals surface area contributed by atoms with E-state index < -0.39 is 11.7 Å². The van der Waals surface area contributed by atoms with Gasteiger partial charge in [-0.1, -0.05) is 17.4 Å². The summed E-state index contributed by atoms with van der Waals surface area (Å²) in [6.45, 7) is 1.44.